The predicted molar refractivity (Wildman–Crippen MR) is 97.3 cm³/mol. The van der Waals surface area contributed by atoms with Gasteiger partial charge >= 0.3 is 0 Å². The number of nitrogens with zero attached hydrogens (tertiary/aromatic N) is 2. The highest BCUT2D eigenvalue weighted by Crippen LogP contribution is 2.18. The van der Waals surface area contributed by atoms with Gasteiger partial charge in [0.05, 0.1) is 13.4 Å². The zero-order valence-corrected chi connectivity index (χ0v) is 14.7. The molecule has 134 valence electrons. The van der Waals surface area contributed by atoms with Crippen LogP contribution in [0, 0.1) is 5.82 Å². The molecule has 6 heteroatoms. The van der Waals surface area contributed by atoms with E-state index in [2.05, 4.69) is 16.9 Å². The first-order valence-electron chi connectivity index (χ1n) is 8.09. The Morgan fingerprint density at radius 2 is 2.28 bits per heavy atom. The molecule has 0 bridgehead atoms. The van der Waals surface area contributed by atoms with Crippen molar-refractivity contribution in [1.29, 1.82) is 0 Å². The monoisotopic (exact) mass is 345 g/mol. The van der Waals surface area contributed by atoms with Gasteiger partial charge in [0.15, 0.2) is 17.5 Å². The van der Waals surface area contributed by atoms with Crippen LogP contribution in [0.1, 0.15) is 11.3 Å². The van der Waals surface area contributed by atoms with Crippen molar-refractivity contribution in [3.05, 3.63) is 66.4 Å². The zero-order chi connectivity index (χ0) is 18.1. The number of benzene rings is 1. The first kappa shape index (κ1) is 18.6. The van der Waals surface area contributed by atoms with Gasteiger partial charge in [-0.1, -0.05) is 12.1 Å². The predicted octanol–water partition coefficient (Wildman–Crippen LogP) is 3.23. The molecular weight excluding hydrogens is 321 g/mol. The number of hydrogen-bond donors (Lipinski definition) is 1. The molecule has 2 rings (SSSR count). The van der Waals surface area contributed by atoms with Crippen LogP contribution in [0.25, 0.3) is 0 Å². The molecule has 1 aromatic carbocycles. The lowest BCUT2D eigenvalue weighted by molar-refractivity contribution is 0.385. The van der Waals surface area contributed by atoms with Crippen LogP contribution in [0.5, 0.6) is 5.75 Å². The van der Waals surface area contributed by atoms with Gasteiger partial charge < -0.3 is 19.4 Å². The maximum absolute atomic E-state index is 13.9. The average Bonchev–Trinajstić information content (AvgIpc) is 3.11. The number of guanidine groups is 1. The van der Waals surface area contributed by atoms with E-state index >= 15 is 0 Å². The molecule has 1 aromatic heterocycles. The molecule has 1 heterocycles. The number of ether oxygens (including phenoxy) is 1. The minimum Gasteiger partial charge on any atom is -0.494 e. The summed E-state index contributed by atoms with van der Waals surface area (Å²) in [7, 11) is 3.36. The SMILES string of the molecule is C=CCNC(=NCCc1ccco1)N(C)Cc1ccc(OC)c(F)c1. The highest BCUT2D eigenvalue weighted by molar-refractivity contribution is 5.79. The number of hydrogen-bond acceptors (Lipinski definition) is 3. The molecule has 0 radical (unpaired) electrons. The lowest BCUT2D eigenvalue weighted by Crippen LogP contribution is -2.38. The number of furan rings is 1. The van der Waals surface area contributed by atoms with Crippen LogP contribution in [0.4, 0.5) is 4.39 Å². The highest BCUT2D eigenvalue weighted by atomic mass is 19.1. The Bertz CT molecular complexity index is 699. The van der Waals surface area contributed by atoms with Gasteiger partial charge in [-0.05, 0) is 29.8 Å². The Morgan fingerprint density at radius 1 is 1.44 bits per heavy atom. The van der Waals surface area contributed by atoms with Crippen molar-refractivity contribution < 1.29 is 13.5 Å². The van der Waals surface area contributed by atoms with Gasteiger partial charge in [-0.3, -0.25) is 4.99 Å². The van der Waals surface area contributed by atoms with Gasteiger partial charge in [-0.15, -0.1) is 6.58 Å². The molecule has 2 aromatic rings. The lowest BCUT2D eigenvalue weighted by Gasteiger charge is -2.22. The molecule has 0 saturated heterocycles. The summed E-state index contributed by atoms with van der Waals surface area (Å²) >= 11 is 0. The second-order valence-corrected chi connectivity index (χ2v) is 5.53. The summed E-state index contributed by atoms with van der Waals surface area (Å²) in [5, 5.41) is 3.22. The fourth-order valence-corrected chi connectivity index (χ4v) is 2.36. The van der Waals surface area contributed by atoms with E-state index < -0.39 is 0 Å². The molecule has 0 aliphatic heterocycles. The second-order valence-electron chi connectivity index (χ2n) is 5.53. The van der Waals surface area contributed by atoms with Crippen LogP contribution < -0.4 is 10.1 Å². The molecular formula is C19H24FN3O2. The first-order valence-corrected chi connectivity index (χ1v) is 8.09. The van der Waals surface area contributed by atoms with Crippen molar-refractivity contribution in [2.24, 2.45) is 4.99 Å². The lowest BCUT2D eigenvalue weighted by atomic mass is 10.2. The standard InChI is InChI=1S/C19H24FN3O2/c1-4-10-21-19(22-11-9-16-6-5-12-25-16)23(2)14-15-7-8-18(24-3)17(20)13-15/h4-8,12-13H,1,9-11,14H2,2-3H3,(H,21,22). The summed E-state index contributed by atoms with van der Waals surface area (Å²) in [6.45, 7) is 5.42. The highest BCUT2D eigenvalue weighted by Gasteiger charge is 2.09. The topological polar surface area (TPSA) is 50.0 Å². The Labute approximate surface area is 147 Å². The van der Waals surface area contributed by atoms with Crippen molar-refractivity contribution >= 4 is 5.96 Å². The summed E-state index contributed by atoms with van der Waals surface area (Å²) < 4.78 is 24.1. The summed E-state index contributed by atoms with van der Waals surface area (Å²) in [4.78, 5) is 6.53. The van der Waals surface area contributed by atoms with E-state index in [0.29, 0.717) is 19.6 Å². The van der Waals surface area contributed by atoms with Crippen LogP contribution in [0.2, 0.25) is 0 Å². The third-order valence-electron chi connectivity index (χ3n) is 3.60. The minimum absolute atomic E-state index is 0.239. The number of halogens is 1. The van der Waals surface area contributed by atoms with Gasteiger partial charge in [0.1, 0.15) is 5.76 Å². The molecule has 0 amide bonds. The van der Waals surface area contributed by atoms with Crippen molar-refractivity contribution in [2.45, 2.75) is 13.0 Å². The molecule has 0 fully saturated rings. The Morgan fingerprint density at radius 3 is 2.92 bits per heavy atom. The number of nitrogens with one attached hydrogen (secondary N) is 1. The van der Waals surface area contributed by atoms with E-state index in [9.17, 15) is 4.39 Å². The Balaban J connectivity index is 2.02. The maximum Gasteiger partial charge on any atom is 0.194 e. The summed E-state index contributed by atoms with van der Waals surface area (Å²) in [5.74, 6) is 1.49. The number of aliphatic imine (C=N–C) groups is 1. The number of rotatable bonds is 8. The Hall–Kier alpha value is -2.76. The van der Waals surface area contributed by atoms with Crippen LogP contribution in [0.15, 0.2) is 58.7 Å². The Kier molecular flexibility index (Phi) is 7.07. The van der Waals surface area contributed by atoms with Crippen LogP contribution in [-0.2, 0) is 13.0 Å². The largest absolute Gasteiger partial charge is 0.494 e. The fraction of sp³-hybridized carbons (Fsp3) is 0.316. The maximum atomic E-state index is 13.9. The molecule has 0 spiro atoms. The molecule has 0 saturated carbocycles. The van der Waals surface area contributed by atoms with E-state index in [1.165, 1.54) is 13.2 Å². The van der Waals surface area contributed by atoms with Gasteiger partial charge in [0, 0.05) is 33.1 Å². The molecule has 0 unspecified atom stereocenters. The van der Waals surface area contributed by atoms with E-state index in [1.807, 2.05) is 30.1 Å². The fourth-order valence-electron chi connectivity index (χ4n) is 2.36. The summed E-state index contributed by atoms with van der Waals surface area (Å²) in [5.41, 5.74) is 0.833. The minimum atomic E-state index is -0.372. The molecule has 5 nitrogen and oxygen atoms in total. The third kappa shape index (κ3) is 5.67. The normalized spacial score (nSPS) is 11.2. The van der Waals surface area contributed by atoms with Gasteiger partial charge in [0.25, 0.3) is 0 Å². The third-order valence-corrected chi connectivity index (χ3v) is 3.60. The van der Waals surface area contributed by atoms with Gasteiger partial charge in [0.2, 0.25) is 0 Å². The average molecular weight is 345 g/mol. The van der Waals surface area contributed by atoms with E-state index in [-0.39, 0.29) is 11.6 Å². The van der Waals surface area contributed by atoms with Crippen molar-refractivity contribution in [2.75, 3.05) is 27.2 Å². The first-order chi connectivity index (χ1) is 12.1. The molecule has 25 heavy (non-hydrogen) atoms. The smallest absolute Gasteiger partial charge is 0.194 e. The summed E-state index contributed by atoms with van der Waals surface area (Å²) in [6.07, 6.45) is 4.14. The van der Waals surface area contributed by atoms with Crippen molar-refractivity contribution in [1.82, 2.24) is 10.2 Å². The van der Waals surface area contributed by atoms with E-state index in [0.717, 1.165) is 23.7 Å². The summed E-state index contributed by atoms with van der Waals surface area (Å²) in [6, 6.07) is 8.73. The quantitative estimate of drug-likeness (QED) is 0.453. The van der Waals surface area contributed by atoms with Gasteiger partial charge in [-0.25, -0.2) is 4.39 Å². The van der Waals surface area contributed by atoms with Crippen molar-refractivity contribution in [3.63, 3.8) is 0 Å². The van der Waals surface area contributed by atoms with Crippen LogP contribution >= 0.6 is 0 Å². The zero-order valence-electron chi connectivity index (χ0n) is 14.7. The molecule has 0 atom stereocenters. The molecule has 1 N–H and O–H groups in total. The van der Waals surface area contributed by atoms with Gasteiger partial charge in [-0.2, -0.15) is 0 Å². The second kappa shape index (κ2) is 9.52. The van der Waals surface area contributed by atoms with Crippen LogP contribution in [0.3, 0.4) is 0 Å². The van der Waals surface area contributed by atoms with Crippen LogP contribution in [-0.4, -0.2) is 38.1 Å². The van der Waals surface area contributed by atoms with Crippen molar-refractivity contribution in [3.8, 4) is 5.75 Å². The number of methoxy groups -OCH3 is 1. The molecule has 0 aliphatic carbocycles. The van der Waals surface area contributed by atoms with E-state index in [1.54, 1.807) is 18.4 Å². The molecule has 0 aliphatic rings. The van der Waals surface area contributed by atoms with E-state index in [4.69, 9.17) is 9.15 Å².